The molecule has 0 spiro atoms. The van der Waals surface area contributed by atoms with Gasteiger partial charge in [-0.25, -0.2) is 9.97 Å². The second-order valence-corrected chi connectivity index (χ2v) is 10.1. The molecular weight excluding hydrogens is 441 g/mol. The summed E-state index contributed by atoms with van der Waals surface area (Å²) in [6.07, 6.45) is 0.468. The smallest absolute Gasteiger partial charge is 0.350 e. The summed E-state index contributed by atoms with van der Waals surface area (Å²) in [7, 11) is -4.24. The fourth-order valence-electron chi connectivity index (χ4n) is 2.71. The summed E-state index contributed by atoms with van der Waals surface area (Å²) in [6, 6.07) is 7.69. The zero-order valence-electron chi connectivity index (χ0n) is 17.5. The van der Waals surface area contributed by atoms with Crippen molar-refractivity contribution in [2.75, 3.05) is 18.7 Å². The molecule has 2 aromatic heterocycles. The van der Waals surface area contributed by atoms with Gasteiger partial charge >= 0.3 is 7.60 Å². The summed E-state index contributed by atoms with van der Waals surface area (Å²) in [6.45, 7) is 6.78. The van der Waals surface area contributed by atoms with E-state index in [-0.39, 0.29) is 5.95 Å². The number of imidazole rings is 1. The molecule has 10 nitrogen and oxygen atoms in total. The Bertz CT molecular complexity index is 1090. The minimum atomic E-state index is -4.24. The van der Waals surface area contributed by atoms with Gasteiger partial charge in [0.05, 0.1) is 30.5 Å². The highest BCUT2D eigenvalue weighted by molar-refractivity contribution is 7.99. The number of ether oxygens (including phenoxy) is 2. The average molecular weight is 467 g/mol. The van der Waals surface area contributed by atoms with Gasteiger partial charge in [0.25, 0.3) is 0 Å². The quantitative estimate of drug-likeness (QED) is 0.300. The lowest BCUT2D eigenvalue weighted by Crippen LogP contribution is -2.17. The number of nitrogen functional groups attached to an aromatic ring is 1. The summed E-state index contributed by atoms with van der Waals surface area (Å²) in [5, 5.41) is 0.589. The van der Waals surface area contributed by atoms with Crippen molar-refractivity contribution in [2.45, 2.75) is 43.3 Å². The fourth-order valence-corrected chi connectivity index (χ4v) is 4.12. The van der Waals surface area contributed by atoms with Gasteiger partial charge in [0.2, 0.25) is 5.95 Å². The van der Waals surface area contributed by atoms with Crippen LogP contribution in [0.4, 0.5) is 5.95 Å². The summed E-state index contributed by atoms with van der Waals surface area (Å²) in [5.41, 5.74) is 7.03. The van der Waals surface area contributed by atoms with E-state index in [9.17, 15) is 4.57 Å². The minimum Gasteiger partial charge on any atom is -0.492 e. The molecule has 0 aliphatic rings. The van der Waals surface area contributed by atoms with Crippen LogP contribution < -0.4 is 10.5 Å². The molecule has 0 aliphatic carbocycles. The van der Waals surface area contributed by atoms with Crippen LogP contribution in [0.1, 0.15) is 20.8 Å². The van der Waals surface area contributed by atoms with Crippen LogP contribution in [0, 0.1) is 5.92 Å². The Kier molecular flexibility index (Phi) is 7.55. The molecule has 0 saturated carbocycles. The molecule has 0 saturated heterocycles. The van der Waals surface area contributed by atoms with Crippen LogP contribution in [0.3, 0.4) is 0 Å². The number of aromatic nitrogens is 4. The summed E-state index contributed by atoms with van der Waals surface area (Å²) in [4.78, 5) is 31.9. The molecule has 0 amide bonds. The second kappa shape index (κ2) is 9.97. The molecule has 4 N–H and O–H groups in total. The number of fused-ring (bicyclic) bond motifs is 1. The van der Waals surface area contributed by atoms with Crippen molar-refractivity contribution < 1.29 is 23.8 Å². The predicted molar refractivity (Wildman–Crippen MR) is 118 cm³/mol. The van der Waals surface area contributed by atoms with Crippen LogP contribution in [0.5, 0.6) is 5.75 Å². The molecule has 0 bridgehead atoms. The van der Waals surface area contributed by atoms with Crippen LogP contribution in [0.15, 0.2) is 40.5 Å². The monoisotopic (exact) mass is 467 g/mol. The van der Waals surface area contributed by atoms with Gasteiger partial charge in [-0.2, -0.15) is 4.98 Å². The van der Waals surface area contributed by atoms with E-state index < -0.39 is 20.0 Å². The van der Waals surface area contributed by atoms with E-state index in [1.165, 1.54) is 11.8 Å². The van der Waals surface area contributed by atoms with E-state index in [4.69, 9.17) is 25.0 Å². The van der Waals surface area contributed by atoms with Crippen molar-refractivity contribution in [3.63, 3.8) is 0 Å². The van der Waals surface area contributed by atoms with E-state index in [0.717, 1.165) is 10.6 Å². The first-order chi connectivity index (χ1) is 14.6. The number of anilines is 1. The molecule has 0 aliphatic heterocycles. The molecule has 12 heteroatoms. The minimum absolute atomic E-state index is 0.0983. The van der Waals surface area contributed by atoms with Gasteiger partial charge in [0, 0.05) is 0 Å². The molecule has 3 rings (SSSR count). The van der Waals surface area contributed by atoms with Gasteiger partial charge in [-0.3, -0.25) is 4.57 Å². The van der Waals surface area contributed by atoms with E-state index in [1.54, 1.807) is 17.8 Å². The van der Waals surface area contributed by atoms with Gasteiger partial charge in [-0.1, -0.05) is 37.7 Å². The number of nitrogens with zero attached hydrogens (tertiary/aromatic N) is 4. The molecule has 1 aromatic carbocycles. The molecule has 2 heterocycles. The second-order valence-electron chi connectivity index (χ2n) is 7.48. The highest BCUT2D eigenvalue weighted by Gasteiger charge is 2.19. The molecule has 1 atom stereocenters. The Balaban J connectivity index is 1.84. The van der Waals surface area contributed by atoms with Gasteiger partial charge in [0.15, 0.2) is 5.65 Å². The van der Waals surface area contributed by atoms with Crippen molar-refractivity contribution in [2.24, 2.45) is 5.92 Å². The van der Waals surface area contributed by atoms with E-state index >= 15 is 0 Å². The third kappa shape index (κ3) is 6.65. The van der Waals surface area contributed by atoms with Gasteiger partial charge in [0.1, 0.15) is 22.6 Å². The van der Waals surface area contributed by atoms with Crippen molar-refractivity contribution in [1.29, 1.82) is 0 Å². The Morgan fingerprint density at radius 3 is 2.68 bits per heavy atom. The maximum atomic E-state index is 11.0. The maximum Gasteiger partial charge on any atom is 0.350 e. The maximum absolute atomic E-state index is 11.0. The topological polar surface area (TPSA) is 146 Å². The molecular formula is C19H26N5O5PS. The normalized spacial score (nSPS) is 13.1. The van der Waals surface area contributed by atoms with Crippen molar-refractivity contribution in [3.8, 4) is 5.75 Å². The average Bonchev–Trinajstić information content (AvgIpc) is 3.08. The SMILES string of the molecule is CC(C)COc1ccccc1Sc1nc(N)nc2c1ncn2CC(C)OCP(=O)(O)O. The Hall–Kier alpha value is -2.17. The van der Waals surface area contributed by atoms with Crippen molar-refractivity contribution in [3.05, 3.63) is 30.6 Å². The standard InChI is InChI=1S/C19H26N5O5PS/c1-12(2)9-28-14-6-4-5-7-15(14)31-18-16-17(22-19(20)23-18)24(10-21-16)8-13(3)29-11-30(25,26)27/h4-7,10,12-13H,8-9,11H2,1-3H3,(H2,20,22,23)(H2,25,26,27). The fraction of sp³-hybridized carbons (Fsp3) is 0.421. The number of para-hydroxylation sites is 1. The van der Waals surface area contributed by atoms with Gasteiger partial charge < -0.3 is 29.6 Å². The zero-order chi connectivity index (χ0) is 22.6. The highest BCUT2D eigenvalue weighted by atomic mass is 32.2. The first-order valence-electron chi connectivity index (χ1n) is 9.66. The lowest BCUT2D eigenvalue weighted by molar-refractivity contribution is 0.0764. The van der Waals surface area contributed by atoms with E-state index in [2.05, 4.69) is 28.8 Å². The predicted octanol–water partition coefficient (Wildman–Crippen LogP) is 3.13. The number of rotatable bonds is 10. The zero-order valence-corrected chi connectivity index (χ0v) is 19.2. The largest absolute Gasteiger partial charge is 0.492 e. The summed E-state index contributed by atoms with van der Waals surface area (Å²) in [5.74, 6) is 1.25. The molecule has 3 aromatic rings. The number of benzene rings is 1. The lowest BCUT2D eigenvalue weighted by atomic mass is 10.2. The van der Waals surface area contributed by atoms with Crippen LogP contribution in [-0.2, 0) is 15.8 Å². The van der Waals surface area contributed by atoms with E-state index in [1.807, 2.05) is 24.3 Å². The van der Waals surface area contributed by atoms with Gasteiger partial charge in [-0.05, 0) is 25.0 Å². The van der Waals surface area contributed by atoms with Gasteiger partial charge in [-0.15, -0.1) is 0 Å². The number of nitrogens with two attached hydrogens (primary N) is 1. The highest BCUT2D eigenvalue weighted by Crippen LogP contribution is 2.37. The van der Waals surface area contributed by atoms with Crippen molar-refractivity contribution >= 4 is 36.5 Å². The molecule has 1 unspecified atom stereocenters. The van der Waals surface area contributed by atoms with E-state index in [0.29, 0.717) is 35.3 Å². The number of hydrogen-bond acceptors (Lipinski definition) is 8. The summed E-state index contributed by atoms with van der Waals surface area (Å²) >= 11 is 1.39. The molecule has 0 radical (unpaired) electrons. The first-order valence-corrected chi connectivity index (χ1v) is 12.3. The number of hydrogen-bond donors (Lipinski definition) is 3. The Labute approximate surface area is 184 Å². The van der Waals surface area contributed by atoms with Crippen LogP contribution in [-0.4, -0.2) is 48.4 Å². The Morgan fingerprint density at radius 1 is 1.23 bits per heavy atom. The molecule has 0 fully saturated rings. The summed E-state index contributed by atoms with van der Waals surface area (Å²) < 4.78 is 23.9. The third-order valence-electron chi connectivity index (χ3n) is 4.06. The van der Waals surface area contributed by atoms with Crippen LogP contribution in [0.2, 0.25) is 0 Å². The van der Waals surface area contributed by atoms with Crippen LogP contribution in [0.25, 0.3) is 11.2 Å². The third-order valence-corrected chi connectivity index (χ3v) is 5.58. The Morgan fingerprint density at radius 2 is 1.97 bits per heavy atom. The molecule has 31 heavy (non-hydrogen) atoms. The molecule has 168 valence electrons. The lowest BCUT2D eigenvalue weighted by Gasteiger charge is -2.15. The van der Waals surface area contributed by atoms with Crippen molar-refractivity contribution in [1.82, 2.24) is 19.5 Å². The van der Waals surface area contributed by atoms with Crippen LogP contribution >= 0.6 is 19.4 Å². The first kappa shape index (κ1) is 23.5.